The summed E-state index contributed by atoms with van der Waals surface area (Å²) in [6, 6.07) is 9.47. The molecule has 1 aromatic carbocycles. The molecule has 0 aliphatic heterocycles. The molecule has 0 saturated heterocycles. The SMILES string of the molecule is CN(CC(CC12CCC(CC1)CC2)NC(=O)OCc1ccccc1)C(=O)OC(C)(C)C. The normalized spacial score (nSPS) is 23.7. The Labute approximate surface area is 186 Å². The molecule has 1 N–H and O–H groups in total. The van der Waals surface area contributed by atoms with Crippen LogP contribution in [0.1, 0.15) is 71.3 Å². The quantitative estimate of drug-likeness (QED) is 0.619. The predicted octanol–water partition coefficient (Wildman–Crippen LogP) is 5.51. The van der Waals surface area contributed by atoms with E-state index in [0.29, 0.717) is 6.54 Å². The number of rotatable bonds is 7. The molecule has 3 aliphatic carbocycles. The van der Waals surface area contributed by atoms with E-state index in [1.165, 1.54) is 38.5 Å². The van der Waals surface area contributed by atoms with Gasteiger partial charge in [-0.1, -0.05) is 30.3 Å². The van der Waals surface area contributed by atoms with Gasteiger partial charge in [-0.05, 0) is 82.6 Å². The number of carbonyl (C=O) groups is 2. The van der Waals surface area contributed by atoms with Gasteiger partial charge in [0.1, 0.15) is 12.2 Å². The first-order chi connectivity index (χ1) is 14.6. The molecular formula is C25H38N2O4. The van der Waals surface area contributed by atoms with Crippen molar-refractivity contribution in [3.63, 3.8) is 0 Å². The van der Waals surface area contributed by atoms with Crippen LogP contribution in [-0.4, -0.2) is 42.3 Å². The van der Waals surface area contributed by atoms with Crippen LogP contribution in [0.3, 0.4) is 0 Å². The molecule has 6 heteroatoms. The maximum atomic E-state index is 12.6. The summed E-state index contributed by atoms with van der Waals surface area (Å²) in [5.41, 5.74) is 0.661. The van der Waals surface area contributed by atoms with Gasteiger partial charge in [0, 0.05) is 13.6 Å². The van der Waals surface area contributed by atoms with Gasteiger partial charge in [-0.3, -0.25) is 0 Å². The lowest BCUT2D eigenvalue weighted by atomic mass is 9.58. The highest BCUT2D eigenvalue weighted by atomic mass is 16.6. The van der Waals surface area contributed by atoms with E-state index < -0.39 is 11.7 Å². The third-order valence-electron chi connectivity index (χ3n) is 6.66. The van der Waals surface area contributed by atoms with Gasteiger partial charge in [-0.2, -0.15) is 0 Å². The third-order valence-corrected chi connectivity index (χ3v) is 6.66. The van der Waals surface area contributed by atoms with Gasteiger partial charge >= 0.3 is 12.2 Å². The summed E-state index contributed by atoms with van der Waals surface area (Å²) in [4.78, 5) is 26.7. The number of hydrogen-bond acceptors (Lipinski definition) is 4. The van der Waals surface area contributed by atoms with Crippen LogP contribution in [-0.2, 0) is 16.1 Å². The first-order valence-electron chi connectivity index (χ1n) is 11.6. The molecule has 2 amide bonds. The van der Waals surface area contributed by atoms with E-state index in [4.69, 9.17) is 9.47 Å². The van der Waals surface area contributed by atoms with Crippen molar-refractivity contribution in [1.29, 1.82) is 0 Å². The van der Waals surface area contributed by atoms with Crippen LogP contribution in [0.25, 0.3) is 0 Å². The van der Waals surface area contributed by atoms with E-state index >= 15 is 0 Å². The second kappa shape index (κ2) is 9.92. The summed E-state index contributed by atoms with van der Waals surface area (Å²) >= 11 is 0. The molecule has 0 heterocycles. The van der Waals surface area contributed by atoms with Crippen LogP contribution in [0.15, 0.2) is 30.3 Å². The van der Waals surface area contributed by atoms with Gasteiger partial charge < -0.3 is 19.7 Å². The number of nitrogens with one attached hydrogen (secondary N) is 1. The number of likely N-dealkylation sites (N-methyl/N-ethyl adjacent to an activating group) is 1. The van der Waals surface area contributed by atoms with Crippen molar-refractivity contribution in [3.05, 3.63) is 35.9 Å². The smallest absolute Gasteiger partial charge is 0.410 e. The largest absolute Gasteiger partial charge is 0.445 e. The Hall–Kier alpha value is -2.24. The Morgan fingerprint density at radius 3 is 2.32 bits per heavy atom. The first-order valence-corrected chi connectivity index (χ1v) is 11.6. The van der Waals surface area contributed by atoms with E-state index in [1.807, 2.05) is 51.1 Å². The van der Waals surface area contributed by atoms with Crippen LogP contribution < -0.4 is 5.32 Å². The summed E-state index contributed by atoms with van der Waals surface area (Å²) < 4.78 is 11.0. The van der Waals surface area contributed by atoms with Crippen molar-refractivity contribution in [3.8, 4) is 0 Å². The fraction of sp³-hybridized carbons (Fsp3) is 0.680. The Morgan fingerprint density at radius 2 is 1.74 bits per heavy atom. The summed E-state index contributed by atoms with van der Waals surface area (Å²) in [6.45, 7) is 6.20. The van der Waals surface area contributed by atoms with Crippen LogP contribution in [0.2, 0.25) is 0 Å². The van der Waals surface area contributed by atoms with E-state index in [1.54, 1.807) is 11.9 Å². The molecule has 4 rings (SSSR count). The standard InChI is InChI=1S/C25H38N2O4/c1-24(2,3)31-23(29)27(4)17-21(16-25-13-10-19(11-14-25)12-15-25)26-22(28)30-18-20-8-6-5-7-9-20/h5-9,19,21H,10-18H2,1-4H3,(H,26,28). The maximum Gasteiger partial charge on any atom is 0.410 e. The van der Waals surface area contributed by atoms with Crippen molar-refractivity contribution < 1.29 is 19.1 Å². The lowest BCUT2D eigenvalue weighted by Crippen LogP contribution is -2.49. The molecule has 3 aliphatic rings. The molecule has 1 aromatic rings. The summed E-state index contributed by atoms with van der Waals surface area (Å²) in [7, 11) is 1.73. The molecule has 1 unspecified atom stereocenters. The zero-order valence-corrected chi connectivity index (χ0v) is 19.5. The Balaban J connectivity index is 1.61. The summed E-state index contributed by atoms with van der Waals surface area (Å²) in [5.74, 6) is 0.883. The molecule has 0 spiro atoms. The lowest BCUT2D eigenvalue weighted by molar-refractivity contribution is 0.0201. The zero-order valence-electron chi connectivity index (χ0n) is 19.5. The molecule has 0 aromatic heterocycles. The number of ether oxygens (including phenoxy) is 2. The Morgan fingerprint density at radius 1 is 1.13 bits per heavy atom. The van der Waals surface area contributed by atoms with Gasteiger partial charge in [0.25, 0.3) is 0 Å². The molecule has 6 nitrogen and oxygen atoms in total. The fourth-order valence-corrected chi connectivity index (χ4v) is 5.01. The van der Waals surface area contributed by atoms with Gasteiger partial charge in [0.2, 0.25) is 0 Å². The van der Waals surface area contributed by atoms with Crippen LogP contribution in [0.5, 0.6) is 0 Å². The molecule has 1 atom stereocenters. The monoisotopic (exact) mass is 430 g/mol. The third kappa shape index (κ3) is 7.15. The highest BCUT2D eigenvalue weighted by Crippen LogP contribution is 2.52. The summed E-state index contributed by atoms with van der Waals surface area (Å²) in [5, 5.41) is 3.05. The van der Waals surface area contributed by atoms with E-state index in [0.717, 1.165) is 17.9 Å². The first kappa shape index (κ1) is 23.4. The number of amides is 2. The van der Waals surface area contributed by atoms with E-state index in [9.17, 15) is 9.59 Å². The van der Waals surface area contributed by atoms with Gasteiger partial charge in [-0.25, -0.2) is 9.59 Å². The number of alkyl carbamates (subject to hydrolysis) is 1. The topological polar surface area (TPSA) is 67.9 Å². The maximum absolute atomic E-state index is 12.6. The number of carbonyl (C=O) groups excluding carboxylic acids is 2. The van der Waals surface area contributed by atoms with Crippen molar-refractivity contribution in [2.45, 2.75) is 84.0 Å². The summed E-state index contributed by atoms with van der Waals surface area (Å²) in [6.07, 6.45) is 7.55. The minimum absolute atomic E-state index is 0.171. The average molecular weight is 431 g/mol. The average Bonchev–Trinajstić information content (AvgIpc) is 2.72. The van der Waals surface area contributed by atoms with E-state index in [-0.39, 0.29) is 24.2 Å². The lowest BCUT2D eigenvalue weighted by Gasteiger charge is -2.48. The van der Waals surface area contributed by atoms with E-state index in [2.05, 4.69) is 5.32 Å². The van der Waals surface area contributed by atoms with Crippen LogP contribution in [0, 0.1) is 11.3 Å². The predicted molar refractivity (Wildman–Crippen MR) is 121 cm³/mol. The molecule has 3 fully saturated rings. The van der Waals surface area contributed by atoms with Gasteiger partial charge in [-0.15, -0.1) is 0 Å². The van der Waals surface area contributed by atoms with Gasteiger partial charge in [0.05, 0.1) is 6.04 Å². The van der Waals surface area contributed by atoms with Crippen molar-refractivity contribution in [2.24, 2.45) is 11.3 Å². The zero-order chi connectivity index (χ0) is 22.5. The Bertz CT molecular complexity index is 722. The fourth-order valence-electron chi connectivity index (χ4n) is 5.01. The number of fused-ring (bicyclic) bond motifs is 3. The van der Waals surface area contributed by atoms with Crippen LogP contribution in [0.4, 0.5) is 9.59 Å². The number of benzene rings is 1. The second-order valence-electron chi connectivity index (χ2n) is 10.5. The Kier molecular flexibility index (Phi) is 7.50. The molecule has 0 radical (unpaired) electrons. The van der Waals surface area contributed by atoms with Crippen LogP contribution >= 0.6 is 0 Å². The van der Waals surface area contributed by atoms with Gasteiger partial charge in [0.15, 0.2) is 0 Å². The number of nitrogens with zero attached hydrogens (tertiary/aromatic N) is 1. The highest BCUT2D eigenvalue weighted by Gasteiger charge is 2.42. The molecular weight excluding hydrogens is 392 g/mol. The minimum atomic E-state index is -0.552. The minimum Gasteiger partial charge on any atom is -0.445 e. The van der Waals surface area contributed by atoms with Crippen molar-refractivity contribution in [1.82, 2.24) is 10.2 Å². The molecule has 2 bridgehead atoms. The number of hydrogen-bond donors (Lipinski definition) is 1. The molecule has 3 saturated carbocycles. The van der Waals surface area contributed by atoms with Crippen molar-refractivity contribution >= 4 is 12.2 Å². The second-order valence-corrected chi connectivity index (χ2v) is 10.5. The molecule has 172 valence electrons. The van der Waals surface area contributed by atoms with Crippen molar-refractivity contribution in [2.75, 3.05) is 13.6 Å². The highest BCUT2D eigenvalue weighted by molar-refractivity contribution is 5.69. The molecule has 31 heavy (non-hydrogen) atoms.